The summed E-state index contributed by atoms with van der Waals surface area (Å²) in [5.41, 5.74) is 6.86. The Balaban J connectivity index is 1.66. The number of anilines is 1. The molecule has 4 rings (SSSR count). The number of aromatic nitrogens is 2. The molecule has 0 bridgehead atoms. The Kier molecular flexibility index (Phi) is 6.11. The Morgan fingerprint density at radius 3 is 2.47 bits per heavy atom. The van der Waals surface area contributed by atoms with Crippen molar-refractivity contribution in [2.24, 2.45) is 5.73 Å². The third kappa shape index (κ3) is 4.37. The number of benzene rings is 1. The van der Waals surface area contributed by atoms with Crippen LogP contribution in [0.2, 0.25) is 10.0 Å². The van der Waals surface area contributed by atoms with Crippen molar-refractivity contribution in [3.8, 4) is 0 Å². The third-order valence-corrected chi connectivity index (χ3v) is 6.43. The summed E-state index contributed by atoms with van der Waals surface area (Å²) >= 11 is 12.6. The number of hydrogen-bond acceptors (Lipinski definition) is 5. The highest BCUT2D eigenvalue weighted by molar-refractivity contribution is 6.43. The van der Waals surface area contributed by atoms with Gasteiger partial charge >= 0.3 is 0 Å². The Bertz CT molecular complexity index is 1030. The van der Waals surface area contributed by atoms with Crippen molar-refractivity contribution in [1.29, 1.82) is 0 Å². The quantitative estimate of drug-likeness (QED) is 0.678. The number of fused-ring (bicyclic) bond motifs is 1. The van der Waals surface area contributed by atoms with Gasteiger partial charge in [0, 0.05) is 29.9 Å². The summed E-state index contributed by atoms with van der Waals surface area (Å²) in [4.78, 5) is 24.7. The minimum atomic E-state index is -0.622. The lowest BCUT2D eigenvalue weighted by molar-refractivity contribution is -0.134. The largest absolute Gasteiger partial charge is 0.369 e. The maximum Gasteiger partial charge on any atom is 0.232 e. The fraction of sp³-hybridized carbons (Fsp3) is 0.429. The molecule has 158 valence electrons. The number of amides is 2. The van der Waals surface area contributed by atoms with Crippen molar-refractivity contribution >= 4 is 57.2 Å². The van der Waals surface area contributed by atoms with Crippen molar-refractivity contribution in [1.82, 2.24) is 15.1 Å². The molecule has 1 aliphatic carbocycles. The molecule has 1 aromatic carbocycles. The summed E-state index contributed by atoms with van der Waals surface area (Å²) < 4.78 is 0. The van der Waals surface area contributed by atoms with Gasteiger partial charge in [-0.3, -0.25) is 9.59 Å². The molecule has 1 aromatic heterocycles. The summed E-state index contributed by atoms with van der Waals surface area (Å²) in [5.74, 6) is -0.169. The fourth-order valence-electron chi connectivity index (χ4n) is 4.13. The summed E-state index contributed by atoms with van der Waals surface area (Å²) in [7, 11) is 0. The van der Waals surface area contributed by atoms with E-state index in [0.717, 1.165) is 34.9 Å². The van der Waals surface area contributed by atoms with Crippen LogP contribution >= 0.6 is 23.2 Å². The van der Waals surface area contributed by atoms with Crippen molar-refractivity contribution in [3.05, 3.63) is 33.9 Å². The zero-order valence-electron chi connectivity index (χ0n) is 16.5. The molecule has 2 aliphatic rings. The van der Waals surface area contributed by atoms with Gasteiger partial charge in [-0.15, -0.1) is 10.2 Å². The summed E-state index contributed by atoms with van der Waals surface area (Å²) in [6.45, 7) is 0.887. The van der Waals surface area contributed by atoms with E-state index in [1.54, 1.807) is 4.90 Å². The molecule has 0 spiro atoms. The van der Waals surface area contributed by atoms with Crippen LogP contribution in [0.15, 0.2) is 18.2 Å². The molecule has 0 radical (unpaired) electrons. The maximum absolute atomic E-state index is 12.1. The zero-order valence-corrected chi connectivity index (χ0v) is 18.0. The van der Waals surface area contributed by atoms with Gasteiger partial charge < -0.3 is 16.0 Å². The number of halogens is 2. The molecule has 3 N–H and O–H groups in total. The molecule has 0 saturated heterocycles. The van der Waals surface area contributed by atoms with Crippen molar-refractivity contribution < 1.29 is 9.59 Å². The number of hydrogen-bond donors (Lipinski definition) is 2. The molecule has 30 heavy (non-hydrogen) atoms. The molecule has 1 aliphatic heterocycles. The van der Waals surface area contributed by atoms with Crippen LogP contribution in [0.25, 0.3) is 16.3 Å². The Morgan fingerprint density at radius 2 is 1.83 bits per heavy atom. The lowest BCUT2D eigenvalue weighted by atomic mass is 9.99. The first kappa shape index (κ1) is 20.9. The number of carbonyl (C=O) groups is 2. The summed E-state index contributed by atoms with van der Waals surface area (Å²) in [5, 5.41) is 15.2. The van der Waals surface area contributed by atoms with Crippen molar-refractivity contribution in [2.45, 2.75) is 44.6 Å². The van der Waals surface area contributed by atoms with Crippen LogP contribution in [0.3, 0.4) is 0 Å². The fourth-order valence-corrected chi connectivity index (χ4v) is 4.45. The van der Waals surface area contributed by atoms with E-state index >= 15 is 0 Å². The Labute approximate surface area is 184 Å². The van der Waals surface area contributed by atoms with Gasteiger partial charge in [-0.1, -0.05) is 42.1 Å². The van der Waals surface area contributed by atoms with Gasteiger partial charge in [0.15, 0.2) is 5.82 Å². The molecule has 2 amide bonds. The number of nitrogens with zero attached hydrogens (tertiary/aromatic N) is 3. The summed E-state index contributed by atoms with van der Waals surface area (Å²) in [6.07, 6.45) is 6.93. The van der Waals surface area contributed by atoms with Gasteiger partial charge in [0.05, 0.1) is 15.7 Å². The molecule has 9 heteroatoms. The van der Waals surface area contributed by atoms with Crippen LogP contribution in [0.4, 0.5) is 5.82 Å². The van der Waals surface area contributed by atoms with E-state index in [4.69, 9.17) is 28.9 Å². The Morgan fingerprint density at radius 1 is 1.13 bits per heavy atom. The van der Waals surface area contributed by atoms with E-state index < -0.39 is 5.91 Å². The van der Waals surface area contributed by atoms with Gasteiger partial charge in [0.2, 0.25) is 11.8 Å². The number of rotatable bonds is 5. The van der Waals surface area contributed by atoms with E-state index in [2.05, 4.69) is 15.5 Å². The first-order valence-electron chi connectivity index (χ1n) is 10.1. The average molecular weight is 448 g/mol. The molecule has 2 aromatic rings. The second kappa shape index (κ2) is 8.78. The molecule has 2 heterocycles. The first-order chi connectivity index (χ1) is 14.4. The standard InChI is InChI=1S/C21H23Cl2N5O2/c22-16-9-14-15(10-17(16)23)21(25-13-3-1-2-4-13)27-26-20(14)12-5-7-28(8-6-12)19(30)11-18(24)29/h5,9-10,13H,1-4,6-8,11H2,(H2,24,29)(H,25,27). The SMILES string of the molecule is NC(=O)CC(=O)N1CC=C(c2nnc(NC3CCCC3)c3cc(Cl)c(Cl)cc23)CC1. The van der Waals surface area contributed by atoms with Crippen LogP contribution in [0.5, 0.6) is 0 Å². The van der Waals surface area contributed by atoms with E-state index in [9.17, 15) is 9.59 Å². The van der Waals surface area contributed by atoms with Crippen LogP contribution in [-0.2, 0) is 9.59 Å². The van der Waals surface area contributed by atoms with Crippen LogP contribution in [-0.4, -0.2) is 46.0 Å². The highest BCUT2D eigenvalue weighted by Gasteiger charge is 2.23. The second-order valence-electron chi connectivity index (χ2n) is 7.80. The van der Waals surface area contributed by atoms with Gasteiger partial charge in [-0.2, -0.15) is 0 Å². The number of nitrogens with one attached hydrogen (secondary N) is 1. The molecule has 1 saturated carbocycles. The van der Waals surface area contributed by atoms with E-state index in [1.165, 1.54) is 12.8 Å². The minimum absolute atomic E-state index is 0.264. The highest BCUT2D eigenvalue weighted by Crippen LogP contribution is 2.36. The molecule has 0 atom stereocenters. The third-order valence-electron chi connectivity index (χ3n) is 5.71. The van der Waals surface area contributed by atoms with E-state index in [-0.39, 0.29) is 12.3 Å². The number of carbonyl (C=O) groups excluding carboxylic acids is 2. The summed E-state index contributed by atoms with van der Waals surface area (Å²) in [6, 6.07) is 4.05. The lowest BCUT2D eigenvalue weighted by Crippen LogP contribution is -2.37. The van der Waals surface area contributed by atoms with E-state index in [1.807, 2.05) is 18.2 Å². The smallest absolute Gasteiger partial charge is 0.232 e. The van der Waals surface area contributed by atoms with Crippen LogP contribution in [0.1, 0.15) is 44.2 Å². The van der Waals surface area contributed by atoms with E-state index in [0.29, 0.717) is 41.4 Å². The maximum atomic E-state index is 12.1. The lowest BCUT2D eigenvalue weighted by Gasteiger charge is -2.26. The molecular weight excluding hydrogens is 425 g/mol. The first-order valence-corrected chi connectivity index (χ1v) is 10.9. The van der Waals surface area contributed by atoms with Crippen molar-refractivity contribution in [3.63, 3.8) is 0 Å². The predicted molar refractivity (Wildman–Crippen MR) is 118 cm³/mol. The van der Waals surface area contributed by atoms with Gasteiger partial charge in [0.1, 0.15) is 6.42 Å². The second-order valence-corrected chi connectivity index (χ2v) is 8.61. The minimum Gasteiger partial charge on any atom is -0.369 e. The monoisotopic (exact) mass is 447 g/mol. The van der Waals surface area contributed by atoms with Crippen LogP contribution < -0.4 is 11.1 Å². The number of primary amides is 1. The molecule has 0 unspecified atom stereocenters. The average Bonchev–Trinajstić information content (AvgIpc) is 3.22. The Hall–Kier alpha value is -2.38. The molecule has 7 nitrogen and oxygen atoms in total. The predicted octanol–water partition coefficient (Wildman–Crippen LogP) is 3.78. The van der Waals surface area contributed by atoms with Gasteiger partial charge in [-0.05, 0) is 37.0 Å². The zero-order chi connectivity index (χ0) is 21.3. The van der Waals surface area contributed by atoms with Crippen molar-refractivity contribution in [2.75, 3.05) is 18.4 Å². The number of nitrogens with two attached hydrogens (primary N) is 1. The normalized spacial score (nSPS) is 17.3. The van der Waals surface area contributed by atoms with Gasteiger partial charge in [-0.25, -0.2) is 0 Å². The van der Waals surface area contributed by atoms with Gasteiger partial charge in [0.25, 0.3) is 0 Å². The highest BCUT2D eigenvalue weighted by atomic mass is 35.5. The topological polar surface area (TPSA) is 101 Å². The molecule has 1 fully saturated rings. The molecular formula is C21H23Cl2N5O2. The van der Waals surface area contributed by atoms with Crippen LogP contribution in [0, 0.1) is 0 Å².